The minimum Gasteiger partial charge on any atom is -0.497 e. The van der Waals surface area contributed by atoms with Gasteiger partial charge < -0.3 is 9.47 Å². The molecule has 2 aromatic carbocycles. The zero-order valence-electron chi connectivity index (χ0n) is 21.1. The summed E-state index contributed by atoms with van der Waals surface area (Å²) < 4.78 is 11.0. The molecule has 3 aromatic rings. The number of aliphatic imine (C=N–C) groups is 1. The molecule has 0 unspecified atom stereocenters. The number of hydrogen-bond donors (Lipinski definition) is 0. The van der Waals surface area contributed by atoms with Gasteiger partial charge in [-0.2, -0.15) is 0 Å². The largest absolute Gasteiger partial charge is 0.497 e. The number of carbonyl (C=O) groups excluding carboxylic acids is 1. The Morgan fingerprint density at radius 2 is 1.89 bits per heavy atom. The van der Waals surface area contributed by atoms with Crippen LogP contribution in [0.5, 0.6) is 5.75 Å². The number of thioether (sulfide) groups is 1. The van der Waals surface area contributed by atoms with Gasteiger partial charge in [-0.15, -0.1) is 11.8 Å². The number of esters is 1. The second-order valence-electron chi connectivity index (χ2n) is 9.11. The minimum absolute atomic E-state index is 0.239. The molecule has 6 heteroatoms. The number of aromatic nitrogens is 1. The maximum Gasteiger partial charge on any atom is 0.338 e. The van der Waals surface area contributed by atoms with Gasteiger partial charge in [0.25, 0.3) is 0 Å². The molecule has 1 saturated carbocycles. The van der Waals surface area contributed by atoms with Gasteiger partial charge >= 0.3 is 5.97 Å². The normalized spacial score (nSPS) is 20.1. The molecule has 0 saturated heterocycles. The Kier molecular flexibility index (Phi) is 9.17. The van der Waals surface area contributed by atoms with Gasteiger partial charge in [-0.1, -0.05) is 49.2 Å². The Labute approximate surface area is 218 Å². The van der Waals surface area contributed by atoms with Crippen LogP contribution in [-0.2, 0) is 15.9 Å². The predicted molar refractivity (Wildman–Crippen MR) is 147 cm³/mol. The Morgan fingerprint density at radius 1 is 1.08 bits per heavy atom. The lowest BCUT2D eigenvalue weighted by atomic mass is 9.62. The molecule has 0 aliphatic heterocycles. The van der Waals surface area contributed by atoms with Gasteiger partial charge in [0.2, 0.25) is 0 Å². The summed E-state index contributed by atoms with van der Waals surface area (Å²) in [6, 6.07) is 21.6. The molecule has 0 amide bonds. The maximum absolute atomic E-state index is 12.5. The summed E-state index contributed by atoms with van der Waals surface area (Å²) in [5, 5.41) is 1.13. The van der Waals surface area contributed by atoms with Crippen molar-refractivity contribution < 1.29 is 14.3 Å². The number of hydrogen-bond acceptors (Lipinski definition) is 6. The first kappa shape index (κ1) is 26.0. The first-order valence-corrected chi connectivity index (χ1v) is 13.5. The highest BCUT2D eigenvalue weighted by atomic mass is 32.2. The first-order chi connectivity index (χ1) is 17.7. The van der Waals surface area contributed by atoms with E-state index in [4.69, 9.17) is 14.5 Å². The van der Waals surface area contributed by atoms with Gasteiger partial charge in [-0.05, 0) is 66.6 Å². The molecular formula is C30H34N2O3S. The lowest BCUT2D eigenvalue weighted by Crippen LogP contribution is -2.45. The van der Waals surface area contributed by atoms with E-state index >= 15 is 0 Å². The van der Waals surface area contributed by atoms with E-state index < -0.39 is 0 Å². The molecular weight excluding hydrogens is 468 g/mol. The van der Waals surface area contributed by atoms with Crippen LogP contribution in [0, 0.1) is 5.92 Å². The summed E-state index contributed by atoms with van der Waals surface area (Å²) in [5.74, 6) is 1.73. The summed E-state index contributed by atoms with van der Waals surface area (Å²) in [6.07, 6.45) is 8.99. The standard InChI is InChI=1S/C30H34N2O3S/c1-31-29(36-22-23-13-15-27(34-2)16-14-23)30(26-12-8-19-32-21-26)18-7-6-11-25(30)17-20-35-28(33)24-9-4-3-5-10-24/h3-5,8-10,12-16,19,21,25H,6-7,11,17-18,20,22H2,1-2H3/t25-,30+/m1/s1. The van der Waals surface area contributed by atoms with Crippen LogP contribution in [-0.4, -0.2) is 36.8 Å². The average Bonchev–Trinajstić information content (AvgIpc) is 2.95. The second kappa shape index (κ2) is 12.7. The Balaban J connectivity index is 1.55. The number of rotatable bonds is 9. The van der Waals surface area contributed by atoms with Gasteiger partial charge in [-0.25, -0.2) is 4.79 Å². The topological polar surface area (TPSA) is 60.8 Å². The van der Waals surface area contributed by atoms with Crippen molar-refractivity contribution in [1.29, 1.82) is 0 Å². The molecule has 1 aliphatic rings. The van der Waals surface area contributed by atoms with Crippen molar-refractivity contribution in [1.82, 2.24) is 4.98 Å². The smallest absolute Gasteiger partial charge is 0.338 e. The lowest BCUT2D eigenvalue weighted by Gasteiger charge is -2.45. The van der Waals surface area contributed by atoms with E-state index in [9.17, 15) is 4.79 Å². The molecule has 0 bridgehead atoms. The number of benzene rings is 2. The number of pyridine rings is 1. The zero-order chi connectivity index (χ0) is 25.2. The van der Waals surface area contributed by atoms with Crippen molar-refractivity contribution in [3.8, 4) is 5.75 Å². The molecule has 1 heterocycles. The first-order valence-electron chi connectivity index (χ1n) is 12.5. The zero-order valence-corrected chi connectivity index (χ0v) is 21.9. The van der Waals surface area contributed by atoms with Crippen molar-refractivity contribution in [2.45, 2.75) is 43.3 Å². The third-order valence-corrected chi connectivity index (χ3v) is 8.37. The molecule has 0 spiro atoms. The Morgan fingerprint density at radius 3 is 2.58 bits per heavy atom. The van der Waals surface area contributed by atoms with Crippen LogP contribution < -0.4 is 4.74 Å². The van der Waals surface area contributed by atoms with Gasteiger partial charge in [0.1, 0.15) is 5.75 Å². The van der Waals surface area contributed by atoms with Gasteiger partial charge in [0.15, 0.2) is 0 Å². The van der Waals surface area contributed by atoms with E-state index in [-0.39, 0.29) is 11.4 Å². The summed E-state index contributed by atoms with van der Waals surface area (Å²) in [7, 11) is 3.58. The fourth-order valence-corrected chi connectivity index (χ4v) is 6.53. The maximum atomic E-state index is 12.5. The Bertz CT molecular complexity index is 1140. The monoisotopic (exact) mass is 502 g/mol. The quantitative estimate of drug-likeness (QED) is 0.184. The third-order valence-electron chi connectivity index (χ3n) is 7.08. The summed E-state index contributed by atoms with van der Waals surface area (Å²) in [5.41, 5.74) is 2.78. The van der Waals surface area contributed by atoms with E-state index in [0.717, 1.165) is 42.2 Å². The predicted octanol–water partition coefficient (Wildman–Crippen LogP) is 6.73. The summed E-state index contributed by atoms with van der Waals surface area (Å²) >= 11 is 1.80. The van der Waals surface area contributed by atoms with Crippen LogP contribution in [0.25, 0.3) is 0 Å². The van der Waals surface area contributed by atoms with Crippen LogP contribution in [0.2, 0.25) is 0 Å². The summed E-state index contributed by atoms with van der Waals surface area (Å²) in [6.45, 7) is 0.389. The van der Waals surface area contributed by atoms with Crippen LogP contribution in [0.3, 0.4) is 0 Å². The minimum atomic E-state index is -0.267. The van der Waals surface area contributed by atoms with E-state index in [1.807, 2.05) is 55.8 Å². The van der Waals surface area contributed by atoms with E-state index in [1.165, 1.54) is 17.5 Å². The molecule has 36 heavy (non-hydrogen) atoms. The van der Waals surface area contributed by atoms with Crippen molar-refractivity contribution in [2.75, 3.05) is 20.8 Å². The second-order valence-corrected chi connectivity index (χ2v) is 10.1. The molecule has 5 nitrogen and oxygen atoms in total. The molecule has 2 atom stereocenters. The molecule has 0 radical (unpaired) electrons. The van der Waals surface area contributed by atoms with Crippen molar-refractivity contribution >= 4 is 22.8 Å². The SMILES string of the molecule is CN=C(SCc1ccc(OC)cc1)[C@@]1(c2cccnc2)CCCC[C@@H]1CCOC(=O)c1ccccc1. The van der Waals surface area contributed by atoms with Gasteiger partial charge in [0.05, 0.1) is 24.3 Å². The lowest BCUT2D eigenvalue weighted by molar-refractivity contribution is 0.0459. The van der Waals surface area contributed by atoms with Gasteiger partial charge in [0, 0.05) is 30.6 Å². The highest BCUT2D eigenvalue weighted by molar-refractivity contribution is 8.13. The highest BCUT2D eigenvalue weighted by Crippen LogP contribution is 2.49. The molecule has 1 aliphatic carbocycles. The fraction of sp³-hybridized carbons (Fsp3) is 0.367. The van der Waals surface area contributed by atoms with E-state index in [0.29, 0.717) is 18.1 Å². The van der Waals surface area contributed by atoms with Crippen LogP contribution in [0.4, 0.5) is 0 Å². The van der Waals surface area contributed by atoms with E-state index in [1.54, 1.807) is 31.0 Å². The fourth-order valence-electron chi connectivity index (χ4n) is 5.27. The molecule has 188 valence electrons. The van der Waals surface area contributed by atoms with Gasteiger partial charge in [-0.3, -0.25) is 9.98 Å². The van der Waals surface area contributed by atoms with Crippen molar-refractivity contribution in [2.24, 2.45) is 10.9 Å². The number of ether oxygens (including phenoxy) is 2. The average molecular weight is 503 g/mol. The van der Waals surface area contributed by atoms with Crippen molar-refractivity contribution in [3.05, 3.63) is 95.8 Å². The third kappa shape index (κ3) is 5.98. The Hall–Kier alpha value is -3.12. The molecule has 1 fully saturated rings. The van der Waals surface area contributed by atoms with Crippen LogP contribution in [0.15, 0.2) is 84.1 Å². The highest BCUT2D eigenvalue weighted by Gasteiger charge is 2.46. The van der Waals surface area contributed by atoms with Crippen molar-refractivity contribution in [3.63, 3.8) is 0 Å². The molecule has 0 N–H and O–H groups in total. The summed E-state index contributed by atoms with van der Waals surface area (Å²) in [4.78, 5) is 21.9. The number of carbonyl (C=O) groups is 1. The molecule has 1 aromatic heterocycles. The van der Waals surface area contributed by atoms with Crippen LogP contribution in [0.1, 0.15) is 53.6 Å². The molecule has 4 rings (SSSR count). The number of methoxy groups -OCH3 is 1. The number of nitrogens with zero attached hydrogens (tertiary/aromatic N) is 2. The van der Waals surface area contributed by atoms with Crippen LogP contribution >= 0.6 is 11.8 Å². The van der Waals surface area contributed by atoms with E-state index in [2.05, 4.69) is 23.2 Å².